The van der Waals surface area contributed by atoms with Gasteiger partial charge in [0.25, 0.3) is 5.91 Å². The van der Waals surface area contributed by atoms with Gasteiger partial charge in [0.1, 0.15) is 11.9 Å². The first kappa shape index (κ1) is 15.4. The average Bonchev–Trinajstić information content (AvgIpc) is 3.44. The number of fused-ring (bicyclic) bond motifs is 1. The number of nitrogens with zero attached hydrogens (tertiary/aromatic N) is 3. The van der Waals surface area contributed by atoms with E-state index in [0.717, 1.165) is 30.5 Å². The molecule has 2 fully saturated rings. The molecule has 24 heavy (non-hydrogen) atoms. The van der Waals surface area contributed by atoms with Crippen molar-refractivity contribution in [1.29, 1.82) is 5.26 Å². The van der Waals surface area contributed by atoms with Crippen LogP contribution in [0, 0.1) is 11.3 Å². The molecule has 1 saturated carbocycles. The second-order valence-corrected chi connectivity index (χ2v) is 6.47. The smallest absolute Gasteiger partial charge is 0.251 e. The Morgan fingerprint density at radius 3 is 3.08 bits per heavy atom. The third-order valence-electron chi connectivity index (χ3n) is 4.61. The van der Waals surface area contributed by atoms with E-state index in [4.69, 9.17) is 14.5 Å². The van der Waals surface area contributed by atoms with Gasteiger partial charge in [-0.3, -0.25) is 4.79 Å². The highest BCUT2D eigenvalue weighted by atomic mass is 16.5. The number of nitrogens with one attached hydrogen (secondary N) is 1. The summed E-state index contributed by atoms with van der Waals surface area (Å²) in [6.07, 6.45) is 2.35. The molecule has 0 bridgehead atoms. The highest BCUT2D eigenvalue weighted by Gasteiger charge is 2.32. The van der Waals surface area contributed by atoms with Crippen molar-refractivity contribution >= 4 is 11.7 Å². The van der Waals surface area contributed by atoms with Gasteiger partial charge in [-0.25, -0.2) is 4.98 Å². The van der Waals surface area contributed by atoms with Gasteiger partial charge in [0.15, 0.2) is 6.10 Å². The number of nitriles is 1. The quantitative estimate of drug-likeness (QED) is 0.870. The molecule has 1 saturated heterocycles. The molecule has 0 aromatic carbocycles. The van der Waals surface area contributed by atoms with Gasteiger partial charge in [-0.2, -0.15) is 5.26 Å². The van der Waals surface area contributed by atoms with Crippen LogP contribution in [0.4, 0.5) is 5.82 Å². The summed E-state index contributed by atoms with van der Waals surface area (Å²) in [5.41, 5.74) is 2.50. The van der Waals surface area contributed by atoms with Gasteiger partial charge in [0.05, 0.1) is 37.6 Å². The molecule has 4 rings (SSSR count). The summed E-state index contributed by atoms with van der Waals surface area (Å²) in [7, 11) is 0. The topological polar surface area (TPSA) is 87.5 Å². The fourth-order valence-corrected chi connectivity index (χ4v) is 3.12. The van der Waals surface area contributed by atoms with E-state index in [0.29, 0.717) is 50.3 Å². The molecule has 2 aliphatic heterocycles. The van der Waals surface area contributed by atoms with Crippen molar-refractivity contribution in [2.45, 2.75) is 38.0 Å². The van der Waals surface area contributed by atoms with Crippen LogP contribution in [0.2, 0.25) is 0 Å². The van der Waals surface area contributed by atoms with Gasteiger partial charge in [0.2, 0.25) is 0 Å². The zero-order chi connectivity index (χ0) is 16.5. The molecule has 126 valence electrons. The minimum Gasteiger partial charge on any atom is -0.376 e. The van der Waals surface area contributed by atoms with Crippen molar-refractivity contribution in [3.05, 3.63) is 22.9 Å². The molecule has 7 nitrogen and oxygen atoms in total. The van der Waals surface area contributed by atoms with E-state index in [1.807, 2.05) is 11.0 Å². The Labute approximate surface area is 140 Å². The van der Waals surface area contributed by atoms with E-state index in [9.17, 15) is 10.1 Å². The van der Waals surface area contributed by atoms with E-state index < -0.39 is 6.10 Å². The van der Waals surface area contributed by atoms with Crippen LogP contribution in [-0.4, -0.2) is 49.3 Å². The lowest BCUT2D eigenvalue weighted by Crippen LogP contribution is -2.50. The normalized spacial score (nSPS) is 23.3. The van der Waals surface area contributed by atoms with E-state index in [1.165, 1.54) is 0 Å². The van der Waals surface area contributed by atoms with Crippen LogP contribution in [-0.2, 0) is 27.3 Å². The summed E-state index contributed by atoms with van der Waals surface area (Å²) in [5.74, 6) is 0.595. The molecule has 3 heterocycles. The van der Waals surface area contributed by atoms with Gasteiger partial charge in [-0.1, -0.05) is 0 Å². The number of hydrogen-bond acceptors (Lipinski definition) is 6. The van der Waals surface area contributed by atoms with Crippen LogP contribution in [0.5, 0.6) is 0 Å². The molecule has 1 N–H and O–H groups in total. The molecule has 1 aliphatic carbocycles. The molecular formula is C17H20N4O3. The van der Waals surface area contributed by atoms with Gasteiger partial charge in [-0.15, -0.1) is 0 Å². The van der Waals surface area contributed by atoms with Gasteiger partial charge >= 0.3 is 0 Å². The molecule has 1 amide bonds. The van der Waals surface area contributed by atoms with Crippen LogP contribution in [0.3, 0.4) is 0 Å². The minimum atomic E-state index is -0.507. The predicted molar refractivity (Wildman–Crippen MR) is 85.4 cm³/mol. The van der Waals surface area contributed by atoms with Crippen molar-refractivity contribution < 1.29 is 14.3 Å². The Kier molecular flexibility index (Phi) is 4.08. The molecule has 0 spiro atoms. The van der Waals surface area contributed by atoms with Crippen LogP contribution in [0.1, 0.15) is 29.7 Å². The Bertz CT molecular complexity index is 696. The Balaban J connectivity index is 1.55. The molecule has 1 aromatic rings. The zero-order valence-corrected chi connectivity index (χ0v) is 13.5. The monoisotopic (exact) mass is 328 g/mol. The number of carbonyl (C=O) groups is 1. The van der Waals surface area contributed by atoms with E-state index in [2.05, 4.69) is 11.4 Å². The van der Waals surface area contributed by atoms with Crippen LogP contribution in [0.25, 0.3) is 0 Å². The van der Waals surface area contributed by atoms with Crippen molar-refractivity contribution in [3.8, 4) is 6.07 Å². The van der Waals surface area contributed by atoms with E-state index in [-0.39, 0.29) is 5.91 Å². The molecule has 1 atom stereocenters. The summed E-state index contributed by atoms with van der Waals surface area (Å²) in [5, 5.41) is 12.5. The maximum atomic E-state index is 12.2. The lowest BCUT2D eigenvalue weighted by Gasteiger charge is -2.34. The van der Waals surface area contributed by atoms with Crippen LogP contribution in [0.15, 0.2) is 6.07 Å². The van der Waals surface area contributed by atoms with Crippen molar-refractivity contribution in [2.75, 3.05) is 31.2 Å². The largest absolute Gasteiger partial charge is 0.376 e. The maximum absolute atomic E-state index is 12.2. The molecular weight excluding hydrogens is 308 g/mol. The van der Waals surface area contributed by atoms with Crippen LogP contribution >= 0.6 is 0 Å². The number of morpholine rings is 1. The summed E-state index contributed by atoms with van der Waals surface area (Å²) >= 11 is 0. The average molecular weight is 328 g/mol. The lowest BCUT2D eigenvalue weighted by molar-refractivity contribution is -0.133. The van der Waals surface area contributed by atoms with Crippen LogP contribution < -0.4 is 10.2 Å². The third kappa shape index (κ3) is 3.07. The molecule has 3 aliphatic rings. The first-order chi connectivity index (χ1) is 11.7. The summed E-state index contributed by atoms with van der Waals surface area (Å²) in [4.78, 5) is 19.0. The summed E-state index contributed by atoms with van der Waals surface area (Å²) in [6, 6.07) is 4.41. The Morgan fingerprint density at radius 1 is 1.42 bits per heavy atom. The number of carbonyl (C=O) groups excluding carboxylic acids is 1. The molecule has 0 radical (unpaired) electrons. The van der Waals surface area contributed by atoms with Gasteiger partial charge in [-0.05, 0) is 18.9 Å². The van der Waals surface area contributed by atoms with Crippen molar-refractivity contribution in [1.82, 2.24) is 10.3 Å². The van der Waals surface area contributed by atoms with E-state index in [1.54, 1.807) is 0 Å². The summed E-state index contributed by atoms with van der Waals surface area (Å²) in [6.45, 7) is 2.67. The number of aromatic nitrogens is 1. The van der Waals surface area contributed by atoms with Crippen molar-refractivity contribution in [2.24, 2.45) is 0 Å². The number of pyridine rings is 1. The Hall–Kier alpha value is -2.17. The minimum absolute atomic E-state index is 0.0629. The van der Waals surface area contributed by atoms with Gasteiger partial charge in [0, 0.05) is 24.6 Å². The number of anilines is 1. The Morgan fingerprint density at radius 2 is 2.29 bits per heavy atom. The third-order valence-corrected chi connectivity index (χ3v) is 4.61. The first-order valence-electron chi connectivity index (χ1n) is 8.42. The lowest BCUT2D eigenvalue weighted by atomic mass is 10.1. The maximum Gasteiger partial charge on any atom is 0.251 e. The predicted octanol–water partition coefficient (Wildman–Crippen LogP) is 0.510. The molecule has 1 aromatic heterocycles. The number of ether oxygens (including phenoxy) is 2. The van der Waals surface area contributed by atoms with Crippen molar-refractivity contribution in [3.63, 3.8) is 0 Å². The number of hydrogen-bond donors (Lipinski definition) is 1. The second kappa shape index (κ2) is 6.38. The highest BCUT2D eigenvalue weighted by Crippen LogP contribution is 2.26. The molecule has 7 heteroatoms. The van der Waals surface area contributed by atoms with Gasteiger partial charge < -0.3 is 19.7 Å². The first-order valence-corrected chi connectivity index (χ1v) is 8.42. The number of amides is 1. The second-order valence-electron chi connectivity index (χ2n) is 6.47. The zero-order valence-electron chi connectivity index (χ0n) is 13.5. The SMILES string of the molecule is N#Cc1cc2c(nc1N1CCOC(C(=O)NC3CC3)C1)CCOC2. The fraction of sp³-hybridized carbons (Fsp3) is 0.588. The fourth-order valence-electron chi connectivity index (χ4n) is 3.12. The number of rotatable bonds is 3. The highest BCUT2D eigenvalue weighted by molar-refractivity contribution is 5.82. The van der Waals surface area contributed by atoms with E-state index >= 15 is 0 Å². The standard InChI is InChI=1S/C17H20N4O3/c18-8-11-7-12-10-23-5-3-14(12)20-16(11)21-4-6-24-15(9-21)17(22)19-13-1-2-13/h7,13,15H,1-6,9-10H2,(H,19,22). The molecule has 1 unspecified atom stereocenters. The summed E-state index contributed by atoms with van der Waals surface area (Å²) < 4.78 is 11.1.